The molecule has 1 fully saturated rings. The molecule has 0 saturated carbocycles. The summed E-state index contributed by atoms with van der Waals surface area (Å²) in [5.41, 5.74) is 7.31. The number of hydrogen-bond acceptors (Lipinski definition) is 7. The number of morpholine rings is 1. The standard InChI is InChI=1S/C19H23N7O/c1-4-14-17-13(19(2,3)12-21)11-16(25-7-9-27-10-8-25)23-18(17)26(24-14)15(22)5-6-20/h4-6,11,20H,1,7-10,22H2,2-3H3/b15-5+,20-6?. The van der Waals surface area contributed by atoms with E-state index in [4.69, 9.17) is 20.9 Å². The average Bonchev–Trinajstić information content (AvgIpc) is 3.07. The molecule has 27 heavy (non-hydrogen) atoms. The van der Waals surface area contributed by atoms with Crippen molar-refractivity contribution < 1.29 is 4.74 Å². The first-order valence-electron chi connectivity index (χ1n) is 8.70. The molecule has 3 heterocycles. The van der Waals surface area contributed by atoms with Crippen LogP contribution in [0.25, 0.3) is 22.9 Å². The van der Waals surface area contributed by atoms with Gasteiger partial charge in [0.25, 0.3) is 0 Å². The Morgan fingerprint density at radius 3 is 2.74 bits per heavy atom. The Morgan fingerprint density at radius 2 is 2.15 bits per heavy atom. The minimum absolute atomic E-state index is 0.274. The lowest BCUT2D eigenvalue weighted by Gasteiger charge is -2.29. The third-order valence-electron chi connectivity index (χ3n) is 4.63. The normalized spacial score (nSPS) is 15.6. The smallest absolute Gasteiger partial charge is 0.167 e. The highest BCUT2D eigenvalue weighted by Gasteiger charge is 2.29. The van der Waals surface area contributed by atoms with Crippen LogP contribution in [0, 0.1) is 16.7 Å². The van der Waals surface area contributed by atoms with Crippen molar-refractivity contribution in [2.24, 2.45) is 5.73 Å². The molecule has 0 unspecified atom stereocenters. The van der Waals surface area contributed by atoms with E-state index in [-0.39, 0.29) is 5.82 Å². The molecule has 0 aromatic carbocycles. The van der Waals surface area contributed by atoms with E-state index in [1.807, 2.05) is 19.9 Å². The summed E-state index contributed by atoms with van der Waals surface area (Å²) in [5, 5.41) is 22.3. The minimum atomic E-state index is -0.756. The van der Waals surface area contributed by atoms with Gasteiger partial charge in [-0.15, -0.1) is 0 Å². The lowest BCUT2D eigenvalue weighted by Crippen LogP contribution is -2.37. The molecule has 1 aliphatic heterocycles. The molecule has 8 heteroatoms. The van der Waals surface area contributed by atoms with Crippen molar-refractivity contribution in [3.8, 4) is 6.07 Å². The molecule has 0 aliphatic carbocycles. The van der Waals surface area contributed by atoms with Gasteiger partial charge in [0.1, 0.15) is 11.6 Å². The van der Waals surface area contributed by atoms with Crippen molar-refractivity contribution >= 4 is 35.0 Å². The summed E-state index contributed by atoms with van der Waals surface area (Å²) in [6.45, 7) is 10.3. The number of nitrogens with zero attached hydrogens (tertiary/aromatic N) is 5. The summed E-state index contributed by atoms with van der Waals surface area (Å²) in [6.07, 6.45) is 4.17. The van der Waals surface area contributed by atoms with Crippen LogP contribution in [0.1, 0.15) is 25.1 Å². The molecule has 3 rings (SSSR count). The Morgan fingerprint density at radius 1 is 1.44 bits per heavy atom. The largest absolute Gasteiger partial charge is 0.384 e. The van der Waals surface area contributed by atoms with Crippen LogP contribution < -0.4 is 10.6 Å². The lowest BCUT2D eigenvalue weighted by atomic mass is 9.84. The molecule has 0 spiro atoms. The Bertz CT molecular complexity index is 959. The van der Waals surface area contributed by atoms with E-state index in [0.717, 1.165) is 36.1 Å². The summed E-state index contributed by atoms with van der Waals surface area (Å²) >= 11 is 0. The van der Waals surface area contributed by atoms with Crippen molar-refractivity contribution in [1.29, 1.82) is 10.7 Å². The molecule has 140 valence electrons. The summed E-state index contributed by atoms with van der Waals surface area (Å²) in [5.74, 6) is 1.03. The SMILES string of the molecule is C=Cc1nn(/C(N)=C/C=N)c2nc(N3CCOCC3)cc(C(C)(C)C#N)c12. The van der Waals surface area contributed by atoms with Crippen LogP contribution in [0.3, 0.4) is 0 Å². The highest BCUT2D eigenvalue weighted by atomic mass is 16.5. The number of allylic oxidation sites excluding steroid dienone is 1. The average molecular weight is 365 g/mol. The van der Waals surface area contributed by atoms with Crippen molar-refractivity contribution in [1.82, 2.24) is 14.8 Å². The number of nitriles is 1. The summed E-state index contributed by atoms with van der Waals surface area (Å²) in [6, 6.07) is 4.32. The van der Waals surface area contributed by atoms with Crippen LogP contribution >= 0.6 is 0 Å². The van der Waals surface area contributed by atoms with Gasteiger partial charge in [-0.1, -0.05) is 6.58 Å². The molecule has 0 radical (unpaired) electrons. The van der Waals surface area contributed by atoms with Gasteiger partial charge in [0.05, 0.1) is 35.8 Å². The first-order valence-corrected chi connectivity index (χ1v) is 8.70. The molecule has 0 atom stereocenters. The zero-order valence-electron chi connectivity index (χ0n) is 15.6. The predicted molar refractivity (Wildman–Crippen MR) is 107 cm³/mol. The lowest BCUT2D eigenvalue weighted by molar-refractivity contribution is 0.122. The molecule has 3 N–H and O–H groups in total. The Labute approximate surface area is 158 Å². The highest BCUT2D eigenvalue weighted by Crippen LogP contribution is 2.35. The van der Waals surface area contributed by atoms with Crippen LogP contribution in [0.2, 0.25) is 0 Å². The van der Waals surface area contributed by atoms with Gasteiger partial charge < -0.3 is 20.8 Å². The van der Waals surface area contributed by atoms with Crippen LogP contribution in [0.5, 0.6) is 0 Å². The van der Waals surface area contributed by atoms with Crippen molar-refractivity contribution in [2.45, 2.75) is 19.3 Å². The van der Waals surface area contributed by atoms with Crippen LogP contribution in [-0.2, 0) is 10.2 Å². The van der Waals surface area contributed by atoms with E-state index in [9.17, 15) is 5.26 Å². The number of rotatable bonds is 5. The molecule has 0 amide bonds. The van der Waals surface area contributed by atoms with Gasteiger partial charge in [-0.25, -0.2) is 4.98 Å². The zero-order chi connectivity index (χ0) is 19.6. The Kier molecular flexibility index (Phi) is 4.97. The maximum absolute atomic E-state index is 9.75. The fourth-order valence-corrected chi connectivity index (χ4v) is 3.12. The van der Waals surface area contributed by atoms with Gasteiger partial charge in [0.15, 0.2) is 5.65 Å². The van der Waals surface area contributed by atoms with Gasteiger partial charge >= 0.3 is 0 Å². The first kappa shape index (κ1) is 18.6. The van der Waals surface area contributed by atoms with E-state index in [1.54, 1.807) is 6.08 Å². The number of fused-ring (bicyclic) bond motifs is 1. The van der Waals surface area contributed by atoms with E-state index in [1.165, 1.54) is 10.8 Å². The van der Waals surface area contributed by atoms with Gasteiger partial charge in [0.2, 0.25) is 0 Å². The van der Waals surface area contributed by atoms with Crippen LogP contribution in [0.4, 0.5) is 5.82 Å². The second-order valence-electron chi connectivity index (χ2n) is 6.82. The maximum atomic E-state index is 9.75. The number of nitrogens with one attached hydrogen (secondary N) is 1. The number of ether oxygens (including phenoxy) is 1. The number of nitrogens with two attached hydrogens (primary N) is 1. The molecular formula is C19H23N7O. The van der Waals surface area contributed by atoms with Gasteiger partial charge in [0, 0.05) is 19.3 Å². The zero-order valence-corrected chi connectivity index (χ0v) is 15.6. The van der Waals surface area contributed by atoms with Gasteiger partial charge in [-0.2, -0.15) is 15.0 Å². The minimum Gasteiger partial charge on any atom is -0.384 e. The van der Waals surface area contributed by atoms with E-state index in [2.05, 4.69) is 22.6 Å². The van der Waals surface area contributed by atoms with Crippen molar-refractivity contribution in [3.63, 3.8) is 0 Å². The summed E-state index contributed by atoms with van der Waals surface area (Å²) in [7, 11) is 0. The van der Waals surface area contributed by atoms with Crippen molar-refractivity contribution in [3.05, 3.63) is 30.0 Å². The Balaban J connectivity index is 2.36. The van der Waals surface area contributed by atoms with Crippen LogP contribution in [-0.4, -0.2) is 47.3 Å². The van der Waals surface area contributed by atoms with Gasteiger partial charge in [-0.05, 0) is 37.6 Å². The second kappa shape index (κ2) is 7.21. The first-order chi connectivity index (χ1) is 12.9. The molecule has 2 aromatic rings. The molecule has 1 saturated heterocycles. The van der Waals surface area contributed by atoms with E-state index in [0.29, 0.717) is 24.6 Å². The van der Waals surface area contributed by atoms with Crippen molar-refractivity contribution in [2.75, 3.05) is 31.2 Å². The quantitative estimate of drug-likeness (QED) is 0.784. The van der Waals surface area contributed by atoms with E-state index < -0.39 is 5.41 Å². The van der Waals surface area contributed by atoms with Gasteiger partial charge in [-0.3, -0.25) is 0 Å². The molecule has 8 nitrogen and oxygen atoms in total. The third-order valence-corrected chi connectivity index (χ3v) is 4.63. The predicted octanol–water partition coefficient (Wildman–Crippen LogP) is 2.12. The summed E-state index contributed by atoms with van der Waals surface area (Å²) in [4.78, 5) is 6.92. The van der Waals surface area contributed by atoms with E-state index >= 15 is 0 Å². The topological polar surface area (TPSA) is 117 Å². The van der Waals surface area contributed by atoms with Crippen LogP contribution in [0.15, 0.2) is 18.7 Å². The monoisotopic (exact) mass is 365 g/mol. The molecular weight excluding hydrogens is 342 g/mol. The summed E-state index contributed by atoms with van der Waals surface area (Å²) < 4.78 is 6.93. The number of anilines is 1. The number of hydrogen-bond donors (Lipinski definition) is 2. The maximum Gasteiger partial charge on any atom is 0.167 e. The fraction of sp³-hybridized carbons (Fsp3) is 0.368. The molecule has 2 aromatic heterocycles. The number of pyridine rings is 1. The number of aromatic nitrogens is 3. The second-order valence-corrected chi connectivity index (χ2v) is 6.82. The fourth-order valence-electron chi connectivity index (χ4n) is 3.12. The molecule has 0 bridgehead atoms. The highest BCUT2D eigenvalue weighted by molar-refractivity contribution is 5.92. The third kappa shape index (κ3) is 3.29. The Hall–Kier alpha value is -3.18. The molecule has 1 aliphatic rings.